The zero-order valence-corrected chi connectivity index (χ0v) is 12.8. The van der Waals surface area contributed by atoms with Gasteiger partial charge in [0, 0.05) is 0 Å². The Bertz CT molecular complexity index is 617. The van der Waals surface area contributed by atoms with Crippen molar-refractivity contribution in [3.05, 3.63) is 82.0 Å². The molecule has 2 aromatic carbocycles. The molecule has 0 aliphatic carbocycles. The van der Waals surface area contributed by atoms with Crippen molar-refractivity contribution in [2.75, 3.05) is 0 Å². The van der Waals surface area contributed by atoms with Gasteiger partial charge in [0.15, 0.2) is 0 Å². The van der Waals surface area contributed by atoms with Crippen molar-refractivity contribution in [1.82, 2.24) is 0 Å². The Balaban J connectivity index is 0.000000283. The van der Waals surface area contributed by atoms with Crippen LogP contribution in [0.5, 0.6) is 0 Å². The molecule has 0 saturated heterocycles. The Morgan fingerprint density at radius 2 is 1.80 bits per heavy atom. The summed E-state index contributed by atoms with van der Waals surface area (Å²) in [4.78, 5) is 2.17. The molecule has 0 radical (unpaired) electrons. The van der Waals surface area contributed by atoms with Gasteiger partial charge in [-0.15, -0.1) is 47.6 Å². The predicted octanol–water partition coefficient (Wildman–Crippen LogP) is 5.02. The molecular weight excluding hydrogens is 304 g/mol. The summed E-state index contributed by atoms with van der Waals surface area (Å²) in [6, 6.07) is 22.2. The molecule has 0 bridgehead atoms. The van der Waals surface area contributed by atoms with E-state index in [4.69, 9.17) is 6.42 Å². The normalized spacial score (nSPS) is 9.35. The first-order valence-corrected chi connectivity index (χ1v) is 6.83. The third kappa shape index (κ3) is 5.46. The smallest absolute Gasteiger partial charge is 0.214 e. The molecule has 0 fully saturated rings. The van der Waals surface area contributed by atoms with E-state index in [2.05, 4.69) is 30.2 Å². The SMILES string of the molecule is C#Cc1ccc(C=C[c-]2cccc2)s1.[Fe+2].c1cc[cH-]c1. The third-order valence-corrected chi connectivity index (χ3v) is 3.43. The topological polar surface area (TPSA) is 0 Å². The van der Waals surface area contributed by atoms with Crippen LogP contribution in [0.2, 0.25) is 0 Å². The van der Waals surface area contributed by atoms with E-state index in [1.807, 2.05) is 54.6 Å². The van der Waals surface area contributed by atoms with E-state index in [-0.39, 0.29) is 17.1 Å². The van der Waals surface area contributed by atoms with Crippen LogP contribution in [0.15, 0.2) is 66.7 Å². The first-order chi connectivity index (χ1) is 9.38. The number of hydrogen-bond acceptors (Lipinski definition) is 1. The van der Waals surface area contributed by atoms with E-state index < -0.39 is 0 Å². The standard InChI is InChI=1S/C13H9S.C5H5.Fe/c1-2-12-9-10-13(14-12)8-7-11-5-3-4-6-11;1-2-4-5-3-1;/h1,3-10H;1-5H;/q2*-1;+2. The van der Waals surface area contributed by atoms with Crippen molar-refractivity contribution < 1.29 is 17.1 Å². The van der Waals surface area contributed by atoms with Crippen molar-refractivity contribution in [2.24, 2.45) is 0 Å². The Morgan fingerprint density at radius 3 is 2.30 bits per heavy atom. The summed E-state index contributed by atoms with van der Waals surface area (Å²) in [5, 5.41) is 0. The van der Waals surface area contributed by atoms with Crippen molar-refractivity contribution in [2.45, 2.75) is 0 Å². The Labute approximate surface area is 135 Å². The Kier molecular flexibility index (Phi) is 7.47. The molecule has 0 N–H and O–H groups in total. The fourth-order valence-electron chi connectivity index (χ4n) is 1.52. The minimum absolute atomic E-state index is 0. The number of hydrogen-bond donors (Lipinski definition) is 0. The molecule has 20 heavy (non-hydrogen) atoms. The van der Waals surface area contributed by atoms with Crippen LogP contribution in [0, 0.1) is 12.3 Å². The number of thiophene rings is 1. The van der Waals surface area contributed by atoms with Gasteiger partial charge in [-0.05, 0) is 10.9 Å². The van der Waals surface area contributed by atoms with Gasteiger partial charge in [-0.2, -0.15) is 30.3 Å². The van der Waals surface area contributed by atoms with Crippen LogP contribution in [-0.4, -0.2) is 0 Å². The fraction of sp³-hybridized carbons (Fsp3) is 0. The van der Waals surface area contributed by atoms with Gasteiger partial charge >= 0.3 is 17.1 Å². The maximum atomic E-state index is 5.29. The van der Waals surface area contributed by atoms with Crippen molar-refractivity contribution >= 4 is 23.5 Å². The third-order valence-electron chi connectivity index (χ3n) is 2.45. The molecular formula is C18H14FeS. The average Bonchev–Trinajstić information content (AvgIpc) is 3.18. The maximum absolute atomic E-state index is 5.29. The molecule has 1 heterocycles. The fourth-order valence-corrected chi connectivity index (χ4v) is 2.24. The van der Waals surface area contributed by atoms with Gasteiger partial charge < -0.3 is 0 Å². The van der Waals surface area contributed by atoms with Crippen LogP contribution >= 0.6 is 11.3 Å². The largest absolute Gasteiger partial charge is 2.00 e. The van der Waals surface area contributed by atoms with Crippen LogP contribution in [0.25, 0.3) is 12.2 Å². The summed E-state index contributed by atoms with van der Waals surface area (Å²) in [6.45, 7) is 0. The van der Waals surface area contributed by atoms with Crippen molar-refractivity contribution in [3.8, 4) is 12.3 Å². The molecule has 0 spiro atoms. The van der Waals surface area contributed by atoms with Gasteiger partial charge in [0.25, 0.3) is 0 Å². The van der Waals surface area contributed by atoms with Gasteiger partial charge in [-0.25, -0.2) is 12.1 Å². The zero-order chi connectivity index (χ0) is 13.3. The molecule has 0 nitrogen and oxygen atoms in total. The van der Waals surface area contributed by atoms with Crippen LogP contribution in [0.4, 0.5) is 0 Å². The molecule has 3 aromatic rings. The van der Waals surface area contributed by atoms with E-state index in [0.717, 1.165) is 4.88 Å². The average molecular weight is 318 g/mol. The molecule has 2 heteroatoms. The van der Waals surface area contributed by atoms with Crippen molar-refractivity contribution in [3.63, 3.8) is 0 Å². The van der Waals surface area contributed by atoms with Gasteiger partial charge in [-0.3, -0.25) is 0 Å². The molecule has 100 valence electrons. The van der Waals surface area contributed by atoms with E-state index in [0.29, 0.717) is 0 Å². The summed E-state index contributed by atoms with van der Waals surface area (Å²) < 4.78 is 0. The summed E-state index contributed by atoms with van der Waals surface area (Å²) in [7, 11) is 0. The van der Waals surface area contributed by atoms with Gasteiger partial charge in [0.05, 0.1) is 4.88 Å². The van der Waals surface area contributed by atoms with Gasteiger partial charge in [-0.1, -0.05) is 12.0 Å². The number of rotatable bonds is 2. The van der Waals surface area contributed by atoms with E-state index in [1.165, 1.54) is 10.4 Å². The molecule has 0 unspecified atom stereocenters. The molecule has 0 aliphatic rings. The first-order valence-electron chi connectivity index (χ1n) is 6.01. The minimum Gasteiger partial charge on any atom is -0.214 e. The van der Waals surface area contributed by atoms with Crippen LogP contribution in [0.3, 0.4) is 0 Å². The van der Waals surface area contributed by atoms with Crippen LogP contribution in [0.1, 0.15) is 15.3 Å². The van der Waals surface area contributed by atoms with Gasteiger partial charge in [0.1, 0.15) is 0 Å². The van der Waals surface area contributed by atoms with E-state index >= 15 is 0 Å². The molecule has 0 amide bonds. The monoisotopic (exact) mass is 318 g/mol. The quantitative estimate of drug-likeness (QED) is 0.353. The first kappa shape index (κ1) is 16.3. The summed E-state index contributed by atoms with van der Waals surface area (Å²) >= 11 is 1.63. The number of terminal acetylenes is 1. The molecule has 3 rings (SSSR count). The maximum Gasteiger partial charge on any atom is 2.00 e. The predicted molar refractivity (Wildman–Crippen MR) is 85.3 cm³/mol. The minimum atomic E-state index is 0. The van der Waals surface area contributed by atoms with Gasteiger partial charge in [0.2, 0.25) is 0 Å². The van der Waals surface area contributed by atoms with E-state index in [9.17, 15) is 0 Å². The molecule has 0 saturated carbocycles. The second kappa shape index (κ2) is 9.18. The summed E-state index contributed by atoms with van der Waals surface area (Å²) in [5.41, 5.74) is 1.22. The second-order valence-electron chi connectivity index (χ2n) is 3.86. The molecule has 0 aliphatic heterocycles. The van der Waals surface area contributed by atoms with E-state index in [1.54, 1.807) is 11.3 Å². The molecule has 0 atom stereocenters. The zero-order valence-electron chi connectivity index (χ0n) is 10.8. The van der Waals surface area contributed by atoms with Crippen LogP contribution in [-0.2, 0) is 17.1 Å². The summed E-state index contributed by atoms with van der Waals surface area (Å²) in [5.74, 6) is 2.63. The van der Waals surface area contributed by atoms with Crippen molar-refractivity contribution in [1.29, 1.82) is 0 Å². The molecule has 1 aromatic heterocycles. The summed E-state index contributed by atoms with van der Waals surface area (Å²) in [6.07, 6.45) is 9.46. The second-order valence-corrected chi connectivity index (χ2v) is 4.98. The Morgan fingerprint density at radius 1 is 1.10 bits per heavy atom. The van der Waals surface area contributed by atoms with Crippen LogP contribution < -0.4 is 0 Å². The Hall–Kier alpha value is -1.78.